The molecule has 0 aromatic heterocycles. The number of nitrogens with zero attached hydrogens (tertiary/aromatic N) is 1. The Bertz CT molecular complexity index is 164. The molecule has 0 atom stereocenters. The first-order chi connectivity index (χ1) is 4.98. The molecule has 0 heterocycles. The summed E-state index contributed by atoms with van der Waals surface area (Å²) >= 11 is 0. The number of oxime groups is 1. The van der Waals surface area contributed by atoms with Crippen molar-refractivity contribution in [1.29, 1.82) is 0 Å². The lowest BCUT2D eigenvalue weighted by atomic mass is 9.90. The summed E-state index contributed by atoms with van der Waals surface area (Å²) < 4.78 is 0. The van der Waals surface area contributed by atoms with E-state index in [1.807, 2.05) is 13.8 Å². The quantitative estimate of drug-likeness (QED) is 0.289. The van der Waals surface area contributed by atoms with E-state index in [2.05, 4.69) is 25.1 Å². The standard InChI is InChI=1S/C9H17NO/c1-8(2)5-6-9(3,4)7-10-11/h5,7,11H,6H2,1-4H3/b10-7+. The molecule has 0 fully saturated rings. The summed E-state index contributed by atoms with van der Waals surface area (Å²) in [5, 5.41) is 11.3. The van der Waals surface area contributed by atoms with Crippen LogP contribution in [-0.4, -0.2) is 11.4 Å². The molecule has 0 unspecified atom stereocenters. The van der Waals surface area contributed by atoms with Gasteiger partial charge in [0.05, 0.1) is 0 Å². The van der Waals surface area contributed by atoms with Crippen LogP contribution in [0, 0.1) is 5.41 Å². The Morgan fingerprint density at radius 1 is 1.45 bits per heavy atom. The summed E-state index contributed by atoms with van der Waals surface area (Å²) in [7, 11) is 0. The van der Waals surface area contributed by atoms with Crippen molar-refractivity contribution >= 4 is 6.21 Å². The molecule has 0 saturated heterocycles. The van der Waals surface area contributed by atoms with Crippen molar-refractivity contribution < 1.29 is 5.21 Å². The predicted molar refractivity (Wildman–Crippen MR) is 48.1 cm³/mol. The minimum atomic E-state index is -0.0357. The number of allylic oxidation sites excluding steroid dienone is 2. The average Bonchev–Trinajstić information content (AvgIpc) is 1.84. The number of hydrogen-bond donors (Lipinski definition) is 1. The first-order valence-electron chi connectivity index (χ1n) is 3.80. The van der Waals surface area contributed by atoms with Gasteiger partial charge in [0.25, 0.3) is 0 Å². The van der Waals surface area contributed by atoms with Crippen LogP contribution >= 0.6 is 0 Å². The summed E-state index contributed by atoms with van der Waals surface area (Å²) in [6.07, 6.45) is 4.62. The van der Waals surface area contributed by atoms with E-state index in [0.29, 0.717) is 0 Å². The fraction of sp³-hybridized carbons (Fsp3) is 0.667. The van der Waals surface area contributed by atoms with Crippen LogP contribution in [0.25, 0.3) is 0 Å². The molecule has 0 amide bonds. The Morgan fingerprint density at radius 3 is 2.36 bits per heavy atom. The van der Waals surface area contributed by atoms with Gasteiger partial charge in [-0.1, -0.05) is 25.5 Å². The highest BCUT2D eigenvalue weighted by atomic mass is 16.4. The molecule has 0 aliphatic carbocycles. The summed E-state index contributed by atoms with van der Waals surface area (Å²) in [4.78, 5) is 0. The second-order valence-corrected chi connectivity index (χ2v) is 3.72. The zero-order valence-electron chi connectivity index (χ0n) is 7.76. The normalized spacial score (nSPS) is 12.0. The lowest BCUT2D eigenvalue weighted by Crippen LogP contribution is -2.11. The van der Waals surface area contributed by atoms with Crippen LogP contribution in [-0.2, 0) is 0 Å². The van der Waals surface area contributed by atoms with Crippen LogP contribution in [0.3, 0.4) is 0 Å². The number of rotatable bonds is 3. The smallest absolute Gasteiger partial charge is 0.0495 e. The number of hydrogen-bond acceptors (Lipinski definition) is 2. The van der Waals surface area contributed by atoms with E-state index < -0.39 is 0 Å². The molecular formula is C9H17NO. The van der Waals surface area contributed by atoms with Gasteiger partial charge in [0.15, 0.2) is 0 Å². The Labute approximate surface area is 68.6 Å². The molecule has 0 radical (unpaired) electrons. The monoisotopic (exact) mass is 155 g/mol. The Morgan fingerprint density at radius 2 is 2.00 bits per heavy atom. The van der Waals surface area contributed by atoms with Crippen molar-refractivity contribution in [2.45, 2.75) is 34.1 Å². The van der Waals surface area contributed by atoms with Gasteiger partial charge in [-0.05, 0) is 20.3 Å². The van der Waals surface area contributed by atoms with E-state index in [4.69, 9.17) is 5.21 Å². The molecule has 64 valence electrons. The molecule has 1 N–H and O–H groups in total. The summed E-state index contributed by atoms with van der Waals surface area (Å²) in [5.74, 6) is 0. The van der Waals surface area contributed by atoms with Crippen molar-refractivity contribution in [1.82, 2.24) is 0 Å². The minimum absolute atomic E-state index is 0.0357. The molecule has 0 spiro atoms. The summed E-state index contributed by atoms with van der Waals surface area (Å²) in [5.41, 5.74) is 1.26. The van der Waals surface area contributed by atoms with E-state index in [9.17, 15) is 0 Å². The van der Waals surface area contributed by atoms with E-state index in [-0.39, 0.29) is 5.41 Å². The van der Waals surface area contributed by atoms with Crippen molar-refractivity contribution in [2.24, 2.45) is 10.6 Å². The van der Waals surface area contributed by atoms with Gasteiger partial charge in [-0.15, -0.1) is 5.16 Å². The average molecular weight is 155 g/mol. The van der Waals surface area contributed by atoms with Crippen molar-refractivity contribution in [3.63, 3.8) is 0 Å². The minimum Gasteiger partial charge on any atom is -0.411 e. The van der Waals surface area contributed by atoms with Crippen LogP contribution in [0.15, 0.2) is 16.8 Å². The topological polar surface area (TPSA) is 32.6 Å². The van der Waals surface area contributed by atoms with Gasteiger partial charge in [-0.2, -0.15) is 0 Å². The van der Waals surface area contributed by atoms with Gasteiger partial charge in [-0.3, -0.25) is 0 Å². The van der Waals surface area contributed by atoms with Crippen molar-refractivity contribution in [2.75, 3.05) is 0 Å². The molecule has 0 rings (SSSR count). The SMILES string of the molecule is CC(C)=CCC(C)(C)/C=N/O. The molecule has 0 aliphatic heterocycles. The van der Waals surface area contributed by atoms with Crippen LogP contribution in [0.2, 0.25) is 0 Å². The van der Waals surface area contributed by atoms with Crippen molar-refractivity contribution in [3.8, 4) is 0 Å². The van der Waals surface area contributed by atoms with Gasteiger partial charge in [0, 0.05) is 11.6 Å². The zero-order valence-corrected chi connectivity index (χ0v) is 7.76. The van der Waals surface area contributed by atoms with Gasteiger partial charge in [0.2, 0.25) is 0 Å². The second kappa shape index (κ2) is 4.16. The lowest BCUT2D eigenvalue weighted by Gasteiger charge is -2.15. The van der Waals surface area contributed by atoms with Crippen LogP contribution in [0.4, 0.5) is 0 Å². The molecular weight excluding hydrogens is 138 g/mol. The maximum atomic E-state index is 8.32. The second-order valence-electron chi connectivity index (χ2n) is 3.72. The molecule has 0 aromatic rings. The van der Waals surface area contributed by atoms with Gasteiger partial charge < -0.3 is 5.21 Å². The van der Waals surface area contributed by atoms with E-state index >= 15 is 0 Å². The van der Waals surface area contributed by atoms with Crippen LogP contribution < -0.4 is 0 Å². The first-order valence-corrected chi connectivity index (χ1v) is 3.80. The molecule has 2 heteroatoms. The molecule has 2 nitrogen and oxygen atoms in total. The summed E-state index contributed by atoms with van der Waals surface area (Å²) in [6.45, 7) is 8.19. The van der Waals surface area contributed by atoms with E-state index in [0.717, 1.165) is 6.42 Å². The van der Waals surface area contributed by atoms with Gasteiger partial charge in [0.1, 0.15) is 0 Å². The molecule has 0 bridgehead atoms. The maximum Gasteiger partial charge on any atom is 0.0495 e. The highest BCUT2D eigenvalue weighted by Gasteiger charge is 2.12. The van der Waals surface area contributed by atoms with Crippen molar-refractivity contribution in [3.05, 3.63) is 11.6 Å². The highest BCUT2D eigenvalue weighted by molar-refractivity contribution is 5.64. The predicted octanol–water partition coefficient (Wildman–Crippen LogP) is 2.83. The third kappa shape index (κ3) is 5.64. The zero-order chi connectivity index (χ0) is 8.91. The van der Waals surface area contributed by atoms with E-state index in [1.54, 1.807) is 6.21 Å². The fourth-order valence-electron chi connectivity index (χ4n) is 0.676. The Kier molecular flexibility index (Phi) is 3.86. The Hall–Kier alpha value is -0.790. The molecule has 0 saturated carbocycles. The van der Waals surface area contributed by atoms with Crippen LogP contribution in [0.5, 0.6) is 0 Å². The third-order valence-electron chi connectivity index (χ3n) is 1.44. The first kappa shape index (κ1) is 10.2. The fourth-order valence-corrected chi connectivity index (χ4v) is 0.676. The maximum absolute atomic E-state index is 8.32. The Balaban J connectivity index is 4.02. The summed E-state index contributed by atoms with van der Waals surface area (Å²) in [6, 6.07) is 0. The largest absolute Gasteiger partial charge is 0.411 e. The highest BCUT2D eigenvalue weighted by Crippen LogP contribution is 2.18. The van der Waals surface area contributed by atoms with Gasteiger partial charge in [-0.25, -0.2) is 0 Å². The van der Waals surface area contributed by atoms with E-state index in [1.165, 1.54) is 5.57 Å². The molecule has 11 heavy (non-hydrogen) atoms. The third-order valence-corrected chi connectivity index (χ3v) is 1.44. The van der Waals surface area contributed by atoms with Gasteiger partial charge >= 0.3 is 0 Å². The lowest BCUT2D eigenvalue weighted by molar-refractivity contribution is 0.313. The molecule has 0 aromatic carbocycles. The van der Waals surface area contributed by atoms with Crippen LogP contribution in [0.1, 0.15) is 34.1 Å². The molecule has 0 aliphatic rings.